The SMILES string of the molecule is O=C(CNC(=O)OC1CCCC1)Nc1ccccc1. The zero-order chi connectivity index (χ0) is 13.5. The summed E-state index contributed by atoms with van der Waals surface area (Å²) in [6, 6.07) is 9.10. The van der Waals surface area contributed by atoms with Crippen LogP contribution in [0.25, 0.3) is 0 Å². The van der Waals surface area contributed by atoms with Gasteiger partial charge in [-0.05, 0) is 37.8 Å². The van der Waals surface area contributed by atoms with Gasteiger partial charge in [-0.25, -0.2) is 4.79 Å². The van der Waals surface area contributed by atoms with E-state index in [1.807, 2.05) is 18.2 Å². The third kappa shape index (κ3) is 4.62. The number of amides is 2. The summed E-state index contributed by atoms with van der Waals surface area (Å²) < 4.78 is 5.18. The molecular weight excluding hydrogens is 244 g/mol. The minimum Gasteiger partial charge on any atom is -0.446 e. The number of nitrogens with one attached hydrogen (secondary N) is 2. The van der Waals surface area contributed by atoms with Gasteiger partial charge in [0.25, 0.3) is 0 Å². The number of benzene rings is 1. The van der Waals surface area contributed by atoms with E-state index in [2.05, 4.69) is 10.6 Å². The molecule has 0 heterocycles. The molecule has 2 amide bonds. The average molecular weight is 262 g/mol. The molecule has 0 unspecified atom stereocenters. The van der Waals surface area contributed by atoms with Gasteiger partial charge < -0.3 is 15.4 Å². The molecule has 0 aliphatic heterocycles. The number of carbonyl (C=O) groups is 2. The average Bonchev–Trinajstić information content (AvgIpc) is 2.90. The Hall–Kier alpha value is -2.04. The van der Waals surface area contributed by atoms with E-state index in [0.29, 0.717) is 5.69 Å². The molecular formula is C14H18N2O3. The number of rotatable bonds is 4. The Morgan fingerprint density at radius 1 is 1.16 bits per heavy atom. The molecule has 0 spiro atoms. The number of alkyl carbamates (subject to hydrolysis) is 1. The highest BCUT2D eigenvalue weighted by molar-refractivity contribution is 5.93. The van der Waals surface area contributed by atoms with E-state index in [-0.39, 0.29) is 18.6 Å². The summed E-state index contributed by atoms with van der Waals surface area (Å²) in [4.78, 5) is 23.0. The Bertz CT molecular complexity index is 428. The fourth-order valence-electron chi connectivity index (χ4n) is 2.08. The van der Waals surface area contributed by atoms with Crippen molar-refractivity contribution in [3.05, 3.63) is 30.3 Å². The Morgan fingerprint density at radius 2 is 1.84 bits per heavy atom. The molecule has 0 radical (unpaired) electrons. The second-order valence-corrected chi connectivity index (χ2v) is 4.58. The van der Waals surface area contributed by atoms with E-state index >= 15 is 0 Å². The van der Waals surface area contributed by atoms with Crippen LogP contribution in [0.4, 0.5) is 10.5 Å². The Balaban J connectivity index is 1.67. The summed E-state index contributed by atoms with van der Waals surface area (Å²) >= 11 is 0. The summed E-state index contributed by atoms with van der Waals surface area (Å²) in [5.41, 5.74) is 0.707. The number of carbonyl (C=O) groups excluding carboxylic acids is 2. The van der Waals surface area contributed by atoms with Gasteiger partial charge in [-0.2, -0.15) is 0 Å². The van der Waals surface area contributed by atoms with Gasteiger partial charge >= 0.3 is 6.09 Å². The lowest BCUT2D eigenvalue weighted by Gasteiger charge is -2.12. The van der Waals surface area contributed by atoms with E-state index in [1.165, 1.54) is 0 Å². The first kappa shape index (κ1) is 13.4. The lowest BCUT2D eigenvalue weighted by molar-refractivity contribution is -0.115. The summed E-state index contributed by atoms with van der Waals surface area (Å²) in [6.45, 7) is -0.0829. The lowest BCUT2D eigenvalue weighted by Crippen LogP contribution is -2.34. The number of hydrogen-bond donors (Lipinski definition) is 2. The van der Waals surface area contributed by atoms with Gasteiger partial charge in [-0.1, -0.05) is 18.2 Å². The minimum absolute atomic E-state index is 0.0113. The van der Waals surface area contributed by atoms with Crippen LogP contribution in [-0.2, 0) is 9.53 Å². The molecule has 2 rings (SSSR count). The van der Waals surface area contributed by atoms with Gasteiger partial charge in [0.15, 0.2) is 0 Å². The minimum atomic E-state index is -0.518. The highest BCUT2D eigenvalue weighted by Gasteiger charge is 2.19. The predicted molar refractivity (Wildman–Crippen MR) is 71.8 cm³/mol. The van der Waals surface area contributed by atoms with E-state index in [4.69, 9.17) is 4.74 Å². The van der Waals surface area contributed by atoms with Crippen molar-refractivity contribution < 1.29 is 14.3 Å². The summed E-state index contributed by atoms with van der Waals surface area (Å²) in [7, 11) is 0. The smallest absolute Gasteiger partial charge is 0.407 e. The van der Waals surface area contributed by atoms with E-state index in [1.54, 1.807) is 12.1 Å². The maximum atomic E-state index is 11.6. The predicted octanol–water partition coefficient (Wildman–Crippen LogP) is 2.29. The fourth-order valence-corrected chi connectivity index (χ4v) is 2.08. The monoisotopic (exact) mass is 262 g/mol. The maximum absolute atomic E-state index is 11.6. The molecule has 0 atom stereocenters. The van der Waals surface area contributed by atoms with Crippen LogP contribution in [0, 0.1) is 0 Å². The molecule has 2 N–H and O–H groups in total. The van der Waals surface area contributed by atoms with Crippen LogP contribution in [0.1, 0.15) is 25.7 Å². The van der Waals surface area contributed by atoms with Gasteiger partial charge in [0.2, 0.25) is 5.91 Å². The van der Waals surface area contributed by atoms with Crippen molar-refractivity contribution in [3.63, 3.8) is 0 Å². The van der Waals surface area contributed by atoms with Crippen LogP contribution in [0.15, 0.2) is 30.3 Å². The molecule has 102 valence electrons. The number of anilines is 1. The van der Waals surface area contributed by atoms with Crippen molar-refractivity contribution in [3.8, 4) is 0 Å². The van der Waals surface area contributed by atoms with Crippen LogP contribution in [0.5, 0.6) is 0 Å². The molecule has 0 aromatic heterocycles. The number of ether oxygens (including phenoxy) is 1. The second kappa shape index (κ2) is 6.78. The Morgan fingerprint density at radius 3 is 2.53 bits per heavy atom. The zero-order valence-electron chi connectivity index (χ0n) is 10.7. The first-order valence-electron chi connectivity index (χ1n) is 6.53. The van der Waals surface area contributed by atoms with Gasteiger partial charge in [-0.3, -0.25) is 4.79 Å². The molecule has 1 aromatic rings. The fraction of sp³-hybridized carbons (Fsp3) is 0.429. The highest BCUT2D eigenvalue weighted by Crippen LogP contribution is 2.20. The van der Waals surface area contributed by atoms with Gasteiger partial charge in [0.1, 0.15) is 12.6 Å². The van der Waals surface area contributed by atoms with Crippen LogP contribution in [0.3, 0.4) is 0 Å². The molecule has 1 aliphatic rings. The molecule has 1 aliphatic carbocycles. The molecule has 5 nitrogen and oxygen atoms in total. The molecule has 19 heavy (non-hydrogen) atoms. The quantitative estimate of drug-likeness (QED) is 0.874. The number of para-hydroxylation sites is 1. The third-order valence-corrected chi connectivity index (χ3v) is 3.03. The van der Waals surface area contributed by atoms with Gasteiger partial charge in [0.05, 0.1) is 0 Å². The van der Waals surface area contributed by atoms with Crippen molar-refractivity contribution >= 4 is 17.7 Å². The van der Waals surface area contributed by atoms with Gasteiger partial charge in [-0.15, -0.1) is 0 Å². The van der Waals surface area contributed by atoms with Crippen LogP contribution in [-0.4, -0.2) is 24.6 Å². The Labute approximate surface area is 112 Å². The topological polar surface area (TPSA) is 67.4 Å². The van der Waals surface area contributed by atoms with Crippen molar-refractivity contribution in [1.29, 1.82) is 0 Å². The zero-order valence-corrected chi connectivity index (χ0v) is 10.7. The molecule has 0 saturated heterocycles. The summed E-state index contributed by atoms with van der Waals surface area (Å²) in [5, 5.41) is 5.14. The maximum Gasteiger partial charge on any atom is 0.407 e. The lowest BCUT2D eigenvalue weighted by atomic mass is 10.3. The standard InChI is InChI=1S/C14H18N2O3/c17-13(16-11-6-2-1-3-7-11)10-15-14(18)19-12-8-4-5-9-12/h1-3,6-7,12H,4-5,8-10H2,(H,15,18)(H,16,17). The number of hydrogen-bond acceptors (Lipinski definition) is 3. The first-order valence-corrected chi connectivity index (χ1v) is 6.53. The third-order valence-electron chi connectivity index (χ3n) is 3.03. The molecule has 1 aromatic carbocycles. The van der Waals surface area contributed by atoms with Crippen LogP contribution < -0.4 is 10.6 Å². The largest absolute Gasteiger partial charge is 0.446 e. The van der Waals surface area contributed by atoms with Crippen molar-refractivity contribution in [2.75, 3.05) is 11.9 Å². The Kier molecular flexibility index (Phi) is 4.78. The van der Waals surface area contributed by atoms with Crippen molar-refractivity contribution in [2.24, 2.45) is 0 Å². The van der Waals surface area contributed by atoms with Crippen molar-refractivity contribution in [1.82, 2.24) is 5.32 Å². The normalized spacial score (nSPS) is 14.9. The van der Waals surface area contributed by atoms with Crippen LogP contribution >= 0.6 is 0 Å². The van der Waals surface area contributed by atoms with E-state index < -0.39 is 6.09 Å². The molecule has 1 fully saturated rings. The first-order chi connectivity index (χ1) is 9.24. The highest BCUT2D eigenvalue weighted by atomic mass is 16.6. The van der Waals surface area contributed by atoms with E-state index in [0.717, 1.165) is 25.7 Å². The van der Waals surface area contributed by atoms with E-state index in [9.17, 15) is 9.59 Å². The molecule has 1 saturated carbocycles. The second-order valence-electron chi connectivity index (χ2n) is 4.58. The summed E-state index contributed by atoms with van der Waals surface area (Å²) in [5.74, 6) is -0.269. The summed E-state index contributed by atoms with van der Waals surface area (Å²) in [6.07, 6.45) is 3.54. The molecule has 5 heteroatoms. The molecule has 0 bridgehead atoms. The van der Waals surface area contributed by atoms with Crippen LogP contribution in [0.2, 0.25) is 0 Å². The van der Waals surface area contributed by atoms with Crippen molar-refractivity contribution in [2.45, 2.75) is 31.8 Å². The van der Waals surface area contributed by atoms with Gasteiger partial charge in [0, 0.05) is 5.69 Å².